The van der Waals surface area contributed by atoms with Gasteiger partial charge in [-0.05, 0) is 25.1 Å². The van der Waals surface area contributed by atoms with Crippen molar-refractivity contribution in [2.75, 3.05) is 19.5 Å². The first-order valence-corrected chi connectivity index (χ1v) is 7.24. The van der Waals surface area contributed by atoms with Crippen LogP contribution in [0.5, 0.6) is 11.5 Å². The molecule has 3 rings (SSSR count). The second kappa shape index (κ2) is 6.04. The molecule has 2 aromatic carbocycles. The maximum Gasteiger partial charge on any atom is 0.258 e. The average molecular weight is 310 g/mol. The summed E-state index contributed by atoms with van der Waals surface area (Å²) in [7, 11) is 3.14. The summed E-state index contributed by atoms with van der Waals surface area (Å²) in [4.78, 5) is 15.9. The van der Waals surface area contributed by atoms with Crippen molar-refractivity contribution < 1.29 is 14.3 Å². The summed E-state index contributed by atoms with van der Waals surface area (Å²) in [6.45, 7) is 1.89. The maximum absolute atomic E-state index is 12.7. The highest BCUT2D eigenvalue weighted by Crippen LogP contribution is 2.30. The molecule has 0 atom stereocenters. The van der Waals surface area contributed by atoms with Gasteiger partial charge >= 0.3 is 0 Å². The molecule has 0 radical (unpaired) electrons. The lowest BCUT2D eigenvalue weighted by Crippen LogP contribution is -2.12. The van der Waals surface area contributed by atoms with Crippen LogP contribution in [0, 0.1) is 6.92 Å². The molecule has 0 aliphatic heterocycles. The van der Waals surface area contributed by atoms with Gasteiger partial charge in [0.15, 0.2) is 11.5 Å². The third-order valence-corrected chi connectivity index (χ3v) is 3.76. The van der Waals surface area contributed by atoms with Gasteiger partial charge in [0.25, 0.3) is 5.91 Å². The molecule has 1 amide bonds. The van der Waals surface area contributed by atoms with Crippen LogP contribution in [0.2, 0.25) is 0 Å². The number of nitrogens with one attached hydrogen (secondary N) is 2. The average Bonchev–Trinajstić information content (AvgIpc) is 2.90. The van der Waals surface area contributed by atoms with Crippen LogP contribution in [-0.2, 0) is 0 Å². The van der Waals surface area contributed by atoms with Crippen LogP contribution in [0.15, 0.2) is 42.5 Å². The Morgan fingerprint density at radius 3 is 2.52 bits per heavy atom. The van der Waals surface area contributed by atoms with E-state index in [1.807, 2.05) is 31.2 Å². The van der Waals surface area contributed by atoms with Crippen LogP contribution in [0.1, 0.15) is 16.1 Å². The van der Waals surface area contributed by atoms with Crippen molar-refractivity contribution in [2.24, 2.45) is 0 Å². The van der Waals surface area contributed by atoms with E-state index in [9.17, 15) is 4.79 Å². The van der Waals surface area contributed by atoms with E-state index in [0.717, 1.165) is 16.6 Å². The van der Waals surface area contributed by atoms with Crippen LogP contribution < -0.4 is 14.8 Å². The van der Waals surface area contributed by atoms with E-state index in [0.29, 0.717) is 22.7 Å². The minimum atomic E-state index is -0.160. The highest BCUT2D eigenvalue weighted by molar-refractivity contribution is 6.14. The third kappa shape index (κ3) is 2.73. The second-order valence-corrected chi connectivity index (χ2v) is 5.19. The summed E-state index contributed by atoms with van der Waals surface area (Å²) in [6, 6.07) is 13.0. The Kier molecular flexibility index (Phi) is 3.93. The monoisotopic (exact) mass is 310 g/mol. The van der Waals surface area contributed by atoms with Gasteiger partial charge in [-0.3, -0.25) is 4.79 Å². The Bertz CT molecular complexity index is 868. The molecule has 0 fully saturated rings. The van der Waals surface area contributed by atoms with Gasteiger partial charge in [-0.15, -0.1) is 0 Å². The summed E-state index contributed by atoms with van der Waals surface area (Å²) in [5, 5.41) is 3.81. The Balaban J connectivity index is 1.93. The number of ether oxygens (including phenoxy) is 2. The van der Waals surface area contributed by atoms with E-state index in [-0.39, 0.29) is 5.91 Å². The fourth-order valence-corrected chi connectivity index (χ4v) is 2.68. The van der Waals surface area contributed by atoms with Gasteiger partial charge in [0.2, 0.25) is 0 Å². The number of rotatable bonds is 4. The van der Waals surface area contributed by atoms with Gasteiger partial charge in [0.05, 0.1) is 19.8 Å². The number of anilines is 1. The van der Waals surface area contributed by atoms with Crippen molar-refractivity contribution in [3.63, 3.8) is 0 Å². The number of amides is 1. The molecule has 0 aliphatic carbocycles. The predicted molar refractivity (Wildman–Crippen MR) is 90.5 cm³/mol. The molecule has 0 aliphatic rings. The number of fused-ring (bicyclic) bond motifs is 1. The van der Waals surface area contributed by atoms with Crippen molar-refractivity contribution in [1.29, 1.82) is 0 Å². The van der Waals surface area contributed by atoms with E-state index in [2.05, 4.69) is 10.3 Å². The number of hydrogen-bond donors (Lipinski definition) is 2. The quantitative estimate of drug-likeness (QED) is 0.771. The zero-order chi connectivity index (χ0) is 16.4. The van der Waals surface area contributed by atoms with Crippen LogP contribution in [0.4, 0.5) is 5.69 Å². The van der Waals surface area contributed by atoms with E-state index in [1.165, 1.54) is 0 Å². The van der Waals surface area contributed by atoms with E-state index < -0.39 is 0 Å². The lowest BCUT2D eigenvalue weighted by Gasteiger charge is -2.10. The number of aromatic nitrogens is 1. The van der Waals surface area contributed by atoms with Gasteiger partial charge < -0.3 is 19.8 Å². The van der Waals surface area contributed by atoms with Gasteiger partial charge in [-0.25, -0.2) is 0 Å². The molecule has 5 heteroatoms. The minimum Gasteiger partial charge on any atom is -0.493 e. The normalized spacial score (nSPS) is 10.6. The summed E-state index contributed by atoms with van der Waals surface area (Å²) in [5.74, 6) is 1.03. The molecule has 0 saturated carbocycles. The van der Waals surface area contributed by atoms with E-state index in [1.54, 1.807) is 32.4 Å². The van der Waals surface area contributed by atoms with Gasteiger partial charge in [0, 0.05) is 28.4 Å². The predicted octanol–water partition coefficient (Wildman–Crippen LogP) is 3.75. The molecule has 3 aromatic rings. The molecule has 0 bridgehead atoms. The summed E-state index contributed by atoms with van der Waals surface area (Å²) >= 11 is 0. The SMILES string of the molecule is COc1ccc(NC(=O)c2c(C)[nH]c3ccccc23)cc1OC. The standard InChI is InChI=1S/C18H18N2O3/c1-11-17(13-6-4-5-7-14(13)19-11)18(21)20-12-8-9-15(22-2)16(10-12)23-3/h4-10,19H,1-3H3,(H,20,21). The Hall–Kier alpha value is -2.95. The number of carbonyl (C=O) groups is 1. The number of aromatic amines is 1. The van der Waals surface area contributed by atoms with E-state index >= 15 is 0 Å². The van der Waals surface area contributed by atoms with Crippen LogP contribution in [0.25, 0.3) is 10.9 Å². The number of hydrogen-bond acceptors (Lipinski definition) is 3. The summed E-state index contributed by atoms with van der Waals surface area (Å²) in [5.41, 5.74) is 3.08. The highest BCUT2D eigenvalue weighted by Gasteiger charge is 2.16. The molecule has 5 nitrogen and oxygen atoms in total. The lowest BCUT2D eigenvalue weighted by molar-refractivity contribution is 0.102. The zero-order valence-corrected chi connectivity index (χ0v) is 13.3. The maximum atomic E-state index is 12.7. The first kappa shape index (κ1) is 15.0. The van der Waals surface area contributed by atoms with Crippen molar-refractivity contribution in [2.45, 2.75) is 6.92 Å². The molecule has 0 unspecified atom stereocenters. The Morgan fingerprint density at radius 2 is 1.78 bits per heavy atom. The van der Waals surface area contributed by atoms with Crippen LogP contribution in [-0.4, -0.2) is 25.1 Å². The fraction of sp³-hybridized carbons (Fsp3) is 0.167. The van der Waals surface area contributed by atoms with Gasteiger partial charge in [-0.2, -0.15) is 0 Å². The van der Waals surface area contributed by atoms with Crippen molar-refractivity contribution >= 4 is 22.5 Å². The Morgan fingerprint density at radius 1 is 1.04 bits per heavy atom. The number of aryl methyl sites for hydroxylation is 1. The van der Waals surface area contributed by atoms with Crippen molar-refractivity contribution in [3.05, 3.63) is 53.7 Å². The number of H-pyrrole nitrogens is 1. The molecular weight excluding hydrogens is 292 g/mol. The molecule has 0 spiro atoms. The second-order valence-electron chi connectivity index (χ2n) is 5.19. The Labute approximate surface area is 134 Å². The molecule has 1 heterocycles. The first-order chi connectivity index (χ1) is 11.1. The van der Waals surface area contributed by atoms with E-state index in [4.69, 9.17) is 9.47 Å². The third-order valence-electron chi connectivity index (χ3n) is 3.76. The van der Waals surface area contributed by atoms with Crippen molar-refractivity contribution in [3.8, 4) is 11.5 Å². The first-order valence-electron chi connectivity index (χ1n) is 7.24. The largest absolute Gasteiger partial charge is 0.493 e. The zero-order valence-electron chi connectivity index (χ0n) is 13.3. The van der Waals surface area contributed by atoms with Gasteiger partial charge in [-0.1, -0.05) is 18.2 Å². The topological polar surface area (TPSA) is 63.3 Å². The molecule has 1 aromatic heterocycles. The number of methoxy groups -OCH3 is 2. The highest BCUT2D eigenvalue weighted by atomic mass is 16.5. The lowest BCUT2D eigenvalue weighted by atomic mass is 10.1. The number of para-hydroxylation sites is 1. The molecule has 118 valence electrons. The molecule has 0 saturated heterocycles. The van der Waals surface area contributed by atoms with Crippen molar-refractivity contribution in [1.82, 2.24) is 4.98 Å². The number of benzene rings is 2. The summed E-state index contributed by atoms with van der Waals surface area (Å²) in [6.07, 6.45) is 0. The fourth-order valence-electron chi connectivity index (χ4n) is 2.68. The summed E-state index contributed by atoms with van der Waals surface area (Å²) < 4.78 is 10.5. The minimum absolute atomic E-state index is 0.160. The molecule has 2 N–H and O–H groups in total. The molecular formula is C18H18N2O3. The van der Waals surface area contributed by atoms with Crippen LogP contribution >= 0.6 is 0 Å². The number of carbonyl (C=O) groups excluding carboxylic acids is 1. The molecule has 23 heavy (non-hydrogen) atoms. The smallest absolute Gasteiger partial charge is 0.258 e. The van der Waals surface area contributed by atoms with Crippen LogP contribution in [0.3, 0.4) is 0 Å². The van der Waals surface area contributed by atoms with Gasteiger partial charge in [0.1, 0.15) is 0 Å².